The van der Waals surface area contributed by atoms with Crippen LogP contribution in [-0.2, 0) is 9.59 Å². The molecule has 0 radical (unpaired) electrons. The van der Waals surface area contributed by atoms with E-state index in [1.54, 1.807) is 0 Å². The van der Waals surface area contributed by atoms with Crippen molar-refractivity contribution in [2.45, 2.75) is 6.04 Å². The Bertz CT molecular complexity index is 836. The van der Waals surface area contributed by atoms with Gasteiger partial charge in [0, 0.05) is 55.5 Å². The average molecular weight is 381 g/mol. The van der Waals surface area contributed by atoms with E-state index in [4.69, 9.17) is 10.2 Å². The van der Waals surface area contributed by atoms with Gasteiger partial charge in [-0.25, -0.2) is 14.6 Å². The third kappa shape index (κ3) is 4.75. The van der Waals surface area contributed by atoms with E-state index in [1.807, 2.05) is 12.3 Å². The first-order chi connectivity index (χ1) is 13.4. The van der Waals surface area contributed by atoms with Crippen molar-refractivity contribution in [3.8, 4) is 11.1 Å². The molecule has 4 rings (SSSR count). The number of hydrogen-bond acceptors (Lipinski definition) is 5. The lowest BCUT2D eigenvalue weighted by Gasteiger charge is -2.40. The summed E-state index contributed by atoms with van der Waals surface area (Å²) >= 11 is 0. The number of pyridine rings is 1. The summed E-state index contributed by atoms with van der Waals surface area (Å²) in [5, 5.41) is 15.6. The third-order valence-corrected chi connectivity index (χ3v) is 5.04. The molecule has 7 heteroatoms. The molecule has 2 N–H and O–H groups in total. The fourth-order valence-corrected chi connectivity index (χ4v) is 3.60. The van der Waals surface area contributed by atoms with Crippen LogP contribution in [0.5, 0.6) is 0 Å². The molecule has 2 aliphatic rings. The van der Waals surface area contributed by atoms with Gasteiger partial charge in [-0.15, -0.1) is 0 Å². The number of aliphatic carboxylic acids is 2. The maximum Gasteiger partial charge on any atom is 0.328 e. The average Bonchev–Trinajstić information content (AvgIpc) is 3.05. The van der Waals surface area contributed by atoms with Gasteiger partial charge in [0.15, 0.2) is 0 Å². The van der Waals surface area contributed by atoms with Gasteiger partial charge in [0.1, 0.15) is 5.82 Å². The van der Waals surface area contributed by atoms with Crippen molar-refractivity contribution in [2.24, 2.45) is 5.92 Å². The molecule has 0 amide bonds. The SMILES string of the molecule is CN1C[C@H]2CN(c3ccc(-c4ccccc4)cn3)C[C@H]21.O=C(O)/C=C/C(=O)O. The zero-order valence-corrected chi connectivity index (χ0v) is 15.6. The minimum atomic E-state index is -1.26. The number of carboxylic acids is 2. The van der Waals surface area contributed by atoms with E-state index in [9.17, 15) is 9.59 Å². The number of rotatable bonds is 4. The van der Waals surface area contributed by atoms with Gasteiger partial charge >= 0.3 is 11.9 Å². The first-order valence-electron chi connectivity index (χ1n) is 9.04. The lowest BCUT2D eigenvalue weighted by molar-refractivity contribution is -0.134. The largest absolute Gasteiger partial charge is 0.478 e. The second-order valence-corrected chi connectivity index (χ2v) is 6.95. The van der Waals surface area contributed by atoms with Gasteiger partial charge in [0.2, 0.25) is 0 Å². The molecule has 2 saturated heterocycles. The Morgan fingerprint density at radius 3 is 2.14 bits per heavy atom. The predicted octanol–water partition coefficient (Wildman–Crippen LogP) is 2.21. The molecule has 0 spiro atoms. The normalized spacial score (nSPS) is 20.8. The Balaban J connectivity index is 0.000000242. The molecule has 0 bridgehead atoms. The van der Waals surface area contributed by atoms with Crippen LogP contribution in [0.15, 0.2) is 60.8 Å². The van der Waals surface area contributed by atoms with Crippen molar-refractivity contribution < 1.29 is 19.8 Å². The number of carboxylic acid groups (broad SMARTS) is 2. The molecule has 1 aromatic heterocycles. The molecule has 1 aromatic carbocycles. The lowest BCUT2D eigenvalue weighted by atomic mass is 9.93. The highest BCUT2D eigenvalue weighted by atomic mass is 16.4. The van der Waals surface area contributed by atoms with Crippen LogP contribution in [0, 0.1) is 5.92 Å². The highest BCUT2D eigenvalue weighted by molar-refractivity contribution is 5.89. The first kappa shape index (κ1) is 19.6. The van der Waals surface area contributed by atoms with Gasteiger partial charge < -0.3 is 20.0 Å². The standard InChI is InChI=1S/C17H19N3.C4H4O4/c1-19-10-15-11-20(12-16(15)19)17-8-7-14(9-18-17)13-5-3-2-4-6-13;5-3(6)1-2-4(7)8/h2-9,15-16H,10-12H2,1H3;1-2H,(H,5,6)(H,7,8)/b;2-1+/t15-,16+;/m0./s1. The number of aromatic nitrogens is 1. The second-order valence-electron chi connectivity index (χ2n) is 6.95. The van der Waals surface area contributed by atoms with Crippen LogP contribution in [0.3, 0.4) is 0 Å². The zero-order valence-electron chi connectivity index (χ0n) is 15.6. The van der Waals surface area contributed by atoms with Crippen LogP contribution in [0.4, 0.5) is 5.82 Å². The van der Waals surface area contributed by atoms with Crippen molar-refractivity contribution in [1.29, 1.82) is 0 Å². The number of hydrogen-bond donors (Lipinski definition) is 2. The number of likely N-dealkylation sites (tertiary alicyclic amines) is 1. The van der Waals surface area contributed by atoms with Gasteiger partial charge in [-0.1, -0.05) is 30.3 Å². The van der Waals surface area contributed by atoms with Crippen LogP contribution in [0.2, 0.25) is 0 Å². The molecular weight excluding hydrogens is 358 g/mol. The summed E-state index contributed by atoms with van der Waals surface area (Å²) in [5.41, 5.74) is 2.42. The van der Waals surface area contributed by atoms with Gasteiger partial charge in [0.05, 0.1) is 0 Å². The molecule has 2 atom stereocenters. The number of carbonyl (C=O) groups is 2. The van der Waals surface area contributed by atoms with Crippen molar-refractivity contribution in [3.63, 3.8) is 0 Å². The topological polar surface area (TPSA) is 94.0 Å². The Morgan fingerprint density at radius 1 is 0.964 bits per heavy atom. The van der Waals surface area contributed by atoms with Crippen LogP contribution in [0.25, 0.3) is 11.1 Å². The molecule has 0 aliphatic carbocycles. The smallest absolute Gasteiger partial charge is 0.328 e. The van der Waals surface area contributed by atoms with Crippen LogP contribution < -0.4 is 4.90 Å². The molecule has 0 unspecified atom stereocenters. The maximum absolute atomic E-state index is 9.55. The molecule has 2 fully saturated rings. The van der Waals surface area contributed by atoms with E-state index in [0.717, 1.165) is 30.9 Å². The molecule has 7 nitrogen and oxygen atoms in total. The van der Waals surface area contributed by atoms with Crippen molar-refractivity contribution in [3.05, 3.63) is 60.8 Å². The van der Waals surface area contributed by atoms with E-state index in [1.165, 1.54) is 17.7 Å². The van der Waals surface area contributed by atoms with Gasteiger partial charge in [0.25, 0.3) is 0 Å². The highest BCUT2D eigenvalue weighted by Gasteiger charge is 2.43. The fourth-order valence-electron chi connectivity index (χ4n) is 3.60. The molecule has 28 heavy (non-hydrogen) atoms. The predicted molar refractivity (Wildman–Crippen MR) is 106 cm³/mol. The zero-order chi connectivity index (χ0) is 20.1. The van der Waals surface area contributed by atoms with Crippen molar-refractivity contribution >= 4 is 17.8 Å². The summed E-state index contributed by atoms with van der Waals surface area (Å²) < 4.78 is 0. The first-order valence-corrected chi connectivity index (χ1v) is 9.04. The monoisotopic (exact) mass is 381 g/mol. The maximum atomic E-state index is 9.55. The number of anilines is 1. The minimum Gasteiger partial charge on any atom is -0.478 e. The van der Waals surface area contributed by atoms with Gasteiger partial charge in [-0.05, 0) is 24.7 Å². The fraction of sp³-hybridized carbons (Fsp3) is 0.286. The molecule has 146 valence electrons. The molecule has 3 heterocycles. The highest BCUT2D eigenvalue weighted by Crippen LogP contribution is 2.33. The van der Waals surface area contributed by atoms with E-state index < -0.39 is 11.9 Å². The summed E-state index contributed by atoms with van der Waals surface area (Å²) in [6.45, 7) is 3.52. The van der Waals surface area contributed by atoms with Crippen LogP contribution in [0.1, 0.15) is 0 Å². The number of nitrogens with zero attached hydrogens (tertiary/aromatic N) is 3. The summed E-state index contributed by atoms with van der Waals surface area (Å²) in [4.78, 5) is 28.6. The Morgan fingerprint density at radius 2 is 1.64 bits per heavy atom. The minimum absolute atomic E-state index is 0.558. The number of benzene rings is 1. The van der Waals surface area contributed by atoms with Gasteiger partial charge in [-0.2, -0.15) is 0 Å². The summed E-state index contributed by atoms with van der Waals surface area (Å²) in [6, 6.07) is 15.5. The Kier molecular flexibility index (Phi) is 6.06. The van der Waals surface area contributed by atoms with Crippen molar-refractivity contribution in [2.75, 3.05) is 31.6 Å². The molecule has 2 aromatic rings. The molecular formula is C21H23N3O4. The molecule has 0 saturated carbocycles. The second kappa shape index (κ2) is 8.67. The number of likely N-dealkylation sites (N-methyl/N-ethyl adjacent to an activating group) is 1. The van der Waals surface area contributed by atoms with Crippen LogP contribution in [-0.4, -0.2) is 64.8 Å². The van der Waals surface area contributed by atoms with Crippen LogP contribution >= 0.6 is 0 Å². The Labute approximate surface area is 163 Å². The van der Waals surface area contributed by atoms with Gasteiger partial charge in [-0.3, -0.25) is 0 Å². The van der Waals surface area contributed by atoms with E-state index in [2.05, 4.69) is 58.2 Å². The van der Waals surface area contributed by atoms with E-state index >= 15 is 0 Å². The van der Waals surface area contributed by atoms with Crippen molar-refractivity contribution in [1.82, 2.24) is 9.88 Å². The summed E-state index contributed by atoms with van der Waals surface area (Å²) in [7, 11) is 2.22. The number of fused-ring (bicyclic) bond motifs is 1. The van der Waals surface area contributed by atoms with E-state index in [-0.39, 0.29) is 0 Å². The third-order valence-electron chi connectivity index (χ3n) is 5.04. The summed E-state index contributed by atoms with van der Waals surface area (Å²) in [6.07, 6.45) is 3.11. The molecule has 2 aliphatic heterocycles. The quantitative estimate of drug-likeness (QED) is 0.784. The Hall–Kier alpha value is -3.19. The summed E-state index contributed by atoms with van der Waals surface area (Å²) in [5.74, 6) is -0.553. The van der Waals surface area contributed by atoms with E-state index in [0.29, 0.717) is 12.2 Å². The lowest BCUT2D eigenvalue weighted by Crippen LogP contribution is -2.52.